The number of hydrogen-bond donors (Lipinski definition) is 1. The normalized spacial score (nSPS) is 24.4. The van der Waals surface area contributed by atoms with Crippen molar-refractivity contribution in [1.82, 2.24) is 29.8 Å². The molecule has 4 heterocycles. The van der Waals surface area contributed by atoms with E-state index in [0.717, 1.165) is 42.8 Å². The molecule has 0 saturated carbocycles. The maximum absolute atomic E-state index is 13.3. The lowest BCUT2D eigenvalue weighted by molar-refractivity contribution is -0.100. The van der Waals surface area contributed by atoms with Gasteiger partial charge in [-0.3, -0.25) is 0 Å². The van der Waals surface area contributed by atoms with E-state index in [9.17, 15) is 9.18 Å². The van der Waals surface area contributed by atoms with Crippen LogP contribution in [0.4, 0.5) is 14.9 Å². The molecule has 8 nitrogen and oxygen atoms in total. The quantitative estimate of drug-likeness (QED) is 0.695. The van der Waals surface area contributed by atoms with Crippen LogP contribution >= 0.6 is 0 Å². The number of nitrogens with zero attached hydrogens (tertiary/aromatic N) is 6. The summed E-state index contributed by atoms with van der Waals surface area (Å²) < 4.78 is 13.2. The average molecular weight is 419 g/mol. The highest BCUT2D eigenvalue weighted by atomic mass is 19.1. The second-order valence-electron chi connectivity index (χ2n) is 8.45. The third-order valence-electron chi connectivity index (χ3n) is 6.24. The standard InChI is InChI=1S/C22H22FN7O/c1-13-5-17-8-22(7-13,20-27-11-24-12-28-20)30(17)21(31)29-16-4-3-14(2)18(6-16)19-25-9-15(23)10-26-19/h3-4,6,9-13,17H,5,7-8H2,1-2H3,(H,29,31)/t13-,17-,22+/m1/s1. The van der Waals surface area contributed by atoms with Gasteiger partial charge in [-0.15, -0.1) is 0 Å². The van der Waals surface area contributed by atoms with Crippen LogP contribution in [0.5, 0.6) is 0 Å². The number of carbonyl (C=O) groups is 1. The van der Waals surface area contributed by atoms with E-state index in [1.165, 1.54) is 12.7 Å². The molecule has 2 aromatic heterocycles. The number of anilines is 1. The monoisotopic (exact) mass is 419 g/mol. The Balaban J connectivity index is 1.42. The van der Waals surface area contributed by atoms with Gasteiger partial charge < -0.3 is 10.2 Å². The number of fused-ring (bicyclic) bond motifs is 2. The van der Waals surface area contributed by atoms with E-state index in [4.69, 9.17) is 0 Å². The minimum atomic E-state index is -0.497. The number of nitrogens with one attached hydrogen (secondary N) is 1. The number of benzene rings is 1. The Morgan fingerprint density at radius 1 is 1.16 bits per heavy atom. The number of halogens is 1. The number of aromatic nitrogens is 5. The topological polar surface area (TPSA) is 96.8 Å². The van der Waals surface area contributed by atoms with E-state index in [-0.39, 0.29) is 12.1 Å². The summed E-state index contributed by atoms with van der Waals surface area (Å²) >= 11 is 0. The fourth-order valence-electron chi connectivity index (χ4n) is 5.02. The minimum absolute atomic E-state index is 0.158. The number of aryl methyl sites for hydroxylation is 1. The SMILES string of the molecule is Cc1ccc(NC(=O)N2[C@@H]3C[C@@H](C)C[C@@]2(c2ncncn2)C3)cc1-c1ncc(F)cn1. The lowest BCUT2D eigenvalue weighted by Gasteiger charge is -2.62. The summed E-state index contributed by atoms with van der Waals surface area (Å²) in [6.07, 6.45) is 7.87. The smallest absolute Gasteiger partial charge is 0.308 e. The highest BCUT2D eigenvalue weighted by Gasteiger charge is 2.60. The van der Waals surface area contributed by atoms with Crippen LogP contribution in [0.2, 0.25) is 0 Å². The summed E-state index contributed by atoms with van der Waals surface area (Å²) in [5, 5.41) is 3.02. The van der Waals surface area contributed by atoms with Gasteiger partial charge in [0.15, 0.2) is 17.5 Å². The zero-order chi connectivity index (χ0) is 21.6. The number of urea groups is 1. The van der Waals surface area contributed by atoms with Gasteiger partial charge in [0.2, 0.25) is 0 Å². The molecule has 0 unspecified atom stereocenters. The van der Waals surface area contributed by atoms with Crippen molar-refractivity contribution >= 4 is 11.7 Å². The minimum Gasteiger partial charge on any atom is -0.308 e. The Morgan fingerprint density at radius 3 is 2.65 bits per heavy atom. The third-order valence-corrected chi connectivity index (χ3v) is 6.24. The number of piperidine rings is 1. The molecule has 0 aliphatic carbocycles. The number of rotatable bonds is 3. The van der Waals surface area contributed by atoms with Crippen LogP contribution in [-0.4, -0.2) is 41.9 Å². The van der Waals surface area contributed by atoms with E-state index >= 15 is 0 Å². The third kappa shape index (κ3) is 3.30. The zero-order valence-corrected chi connectivity index (χ0v) is 17.3. The Bertz CT molecular complexity index is 1120. The lowest BCUT2D eigenvalue weighted by Crippen LogP contribution is -2.70. The van der Waals surface area contributed by atoms with Crippen molar-refractivity contribution < 1.29 is 9.18 Å². The first-order valence-electron chi connectivity index (χ1n) is 10.3. The number of hydrogen-bond acceptors (Lipinski definition) is 6. The summed E-state index contributed by atoms with van der Waals surface area (Å²) in [7, 11) is 0. The first kappa shape index (κ1) is 19.5. The lowest BCUT2D eigenvalue weighted by atomic mass is 9.64. The van der Waals surface area contributed by atoms with Gasteiger partial charge in [0.05, 0.1) is 12.4 Å². The van der Waals surface area contributed by atoms with Gasteiger partial charge in [-0.1, -0.05) is 13.0 Å². The predicted octanol–water partition coefficient (Wildman–Crippen LogP) is 3.71. The van der Waals surface area contributed by atoms with Crippen LogP contribution in [0.3, 0.4) is 0 Å². The molecule has 5 rings (SSSR count). The molecule has 2 amide bonds. The van der Waals surface area contributed by atoms with Gasteiger partial charge in [-0.2, -0.15) is 0 Å². The van der Waals surface area contributed by atoms with Crippen molar-refractivity contribution in [2.24, 2.45) is 5.92 Å². The highest BCUT2D eigenvalue weighted by molar-refractivity contribution is 5.92. The maximum atomic E-state index is 13.3. The van der Waals surface area contributed by atoms with Crippen LogP contribution in [0.15, 0.2) is 43.2 Å². The molecule has 1 N–H and O–H groups in total. The molecule has 3 aromatic rings. The molecular formula is C22H22FN7O. The van der Waals surface area contributed by atoms with Crippen molar-refractivity contribution in [3.63, 3.8) is 0 Å². The predicted molar refractivity (Wildman–Crippen MR) is 111 cm³/mol. The van der Waals surface area contributed by atoms with Crippen molar-refractivity contribution in [2.45, 2.75) is 44.7 Å². The van der Waals surface area contributed by atoms with Crippen LogP contribution in [0.25, 0.3) is 11.4 Å². The van der Waals surface area contributed by atoms with E-state index < -0.39 is 11.4 Å². The molecule has 2 aliphatic heterocycles. The molecule has 3 atom stereocenters. The fourth-order valence-corrected chi connectivity index (χ4v) is 5.02. The fraction of sp³-hybridized carbons (Fsp3) is 0.364. The van der Waals surface area contributed by atoms with Crippen molar-refractivity contribution in [3.8, 4) is 11.4 Å². The Morgan fingerprint density at radius 2 is 1.90 bits per heavy atom. The van der Waals surface area contributed by atoms with Gasteiger partial charge in [0.1, 0.15) is 18.2 Å². The van der Waals surface area contributed by atoms with E-state index in [0.29, 0.717) is 23.3 Å². The summed E-state index contributed by atoms with van der Waals surface area (Å²) in [5.74, 6) is 1.05. The summed E-state index contributed by atoms with van der Waals surface area (Å²) in [6.45, 7) is 4.12. The van der Waals surface area contributed by atoms with Crippen LogP contribution < -0.4 is 5.32 Å². The molecule has 2 bridgehead atoms. The summed E-state index contributed by atoms with van der Waals surface area (Å²) in [6, 6.07) is 5.52. The molecule has 158 valence electrons. The second kappa shape index (κ2) is 7.33. The molecule has 31 heavy (non-hydrogen) atoms. The van der Waals surface area contributed by atoms with Gasteiger partial charge in [-0.25, -0.2) is 34.1 Å². The maximum Gasteiger partial charge on any atom is 0.322 e. The Labute approximate surface area is 179 Å². The number of carbonyl (C=O) groups excluding carboxylic acids is 1. The molecular weight excluding hydrogens is 397 g/mol. The zero-order valence-electron chi connectivity index (χ0n) is 17.3. The van der Waals surface area contributed by atoms with E-state index in [1.54, 1.807) is 0 Å². The molecule has 2 aliphatic rings. The van der Waals surface area contributed by atoms with Crippen LogP contribution in [0, 0.1) is 18.7 Å². The van der Waals surface area contributed by atoms with E-state index in [1.807, 2.05) is 30.0 Å². The Hall–Kier alpha value is -3.49. The van der Waals surface area contributed by atoms with Crippen LogP contribution in [-0.2, 0) is 5.54 Å². The van der Waals surface area contributed by atoms with Crippen molar-refractivity contribution in [1.29, 1.82) is 0 Å². The van der Waals surface area contributed by atoms with Crippen molar-refractivity contribution in [3.05, 3.63) is 60.5 Å². The summed E-state index contributed by atoms with van der Waals surface area (Å²) in [5.41, 5.74) is 1.80. The van der Waals surface area contributed by atoms with Gasteiger partial charge in [0.25, 0.3) is 0 Å². The molecule has 2 saturated heterocycles. The van der Waals surface area contributed by atoms with Crippen molar-refractivity contribution in [2.75, 3.05) is 5.32 Å². The highest BCUT2D eigenvalue weighted by Crippen LogP contribution is 2.54. The largest absolute Gasteiger partial charge is 0.322 e. The average Bonchev–Trinajstić information content (AvgIpc) is 2.76. The van der Waals surface area contributed by atoms with Gasteiger partial charge in [-0.05, 0) is 49.8 Å². The summed E-state index contributed by atoms with van der Waals surface area (Å²) in [4.78, 5) is 36.0. The molecule has 9 heteroatoms. The first-order valence-corrected chi connectivity index (χ1v) is 10.3. The Kier molecular flexibility index (Phi) is 4.60. The van der Waals surface area contributed by atoms with Gasteiger partial charge in [0, 0.05) is 17.3 Å². The van der Waals surface area contributed by atoms with Crippen LogP contribution in [0.1, 0.15) is 37.6 Å². The molecule has 2 fully saturated rings. The molecule has 0 radical (unpaired) electrons. The molecule has 1 aromatic carbocycles. The van der Waals surface area contributed by atoms with E-state index in [2.05, 4.69) is 37.2 Å². The molecule has 0 spiro atoms. The van der Waals surface area contributed by atoms with Gasteiger partial charge >= 0.3 is 6.03 Å². The second-order valence-corrected chi connectivity index (χ2v) is 8.45. The first-order chi connectivity index (χ1) is 15.0. The number of amides is 2.